The van der Waals surface area contributed by atoms with E-state index in [0.717, 1.165) is 11.1 Å². The monoisotopic (exact) mass is 267 g/mol. The van der Waals surface area contributed by atoms with Crippen LogP contribution in [0.15, 0.2) is 60.7 Å². The van der Waals surface area contributed by atoms with Crippen LogP contribution in [0.3, 0.4) is 0 Å². The topological polar surface area (TPSA) is 49.3 Å². The number of hydrogen-bond acceptors (Lipinski definition) is 2. The lowest BCUT2D eigenvalue weighted by atomic mass is 9.87. The second kappa shape index (κ2) is 5.47. The third-order valence-corrected chi connectivity index (χ3v) is 3.88. The van der Waals surface area contributed by atoms with Crippen molar-refractivity contribution < 1.29 is 9.90 Å². The summed E-state index contributed by atoms with van der Waals surface area (Å²) >= 11 is 0. The highest BCUT2D eigenvalue weighted by Crippen LogP contribution is 2.35. The molecule has 2 N–H and O–H groups in total. The fraction of sp³-hybridized carbons (Fsp3) is 0.235. The van der Waals surface area contributed by atoms with Gasteiger partial charge in [-0.3, -0.25) is 4.79 Å². The van der Waals surface area contributed by atoms with Crippen LogP contribution in [0, 0.1) is 0 Å². The van der Waals surface area contributed by atoms with Gasteiger partial charge >= 0.3 is 0 Å². The molecule has 3 heteroatoms. The molecule has 1 saturated heterocycles. The molecule has 3 rings (SSSR count). The first kappa shape index (κ1) is 12.9. The molecule has 0 spiro atoms. The van der Waals surface area contributed by atoms with Crippen LogP contribution in [-0.2, 0) is 4.79 Å². The van der Waals surface area contributed by atoms with E-state index >= 15 is 0 Å². The summed E-state index contributed by atoms with van der Waals surface area (Å²) in [5.41, 5.74) is 1.92. The molecule has 1 aliphatic rings. The molecule has 0 saturated carbocycles. The van der Waals surface area contributed by atoms with Crippen molar-refractivity contribution in [3.8, 4) is 0 Å². The maximum Gasteiger partial charge on any atom is 0.221 e. The van der Waals surface area contributed by atoms with E-state index in [1.165, 1.54) is 0 Å². The molecular formula is C17H17NO2. The van der Waals surface area contributed by atoms with Crippen LogP contribution >= 0.6 is 0 Å². The van der Waals surface area contributed by atoms with Gasteiger partial charge in [-0.05, 0) is 11.1 Å². The second-order valence-electron chi connectivity index (χ2n) is 5.17. The first-order chi connectivity index (χ1) is 9.75. The number of nitrogens with one attached hydrogen (secondary N) is 1. The van der Waals surface area contributed by atoms with Gasteiger partial charge < -0.3 is 10.4 Å². The molecule has 0 aromatic heterocycles. The molecule has 0 unspecified atom stereocenters. The molecule has 3 atom stereocenters. The highest BCUT2D eigenvalue weighted by molar-refractivity contribution is 5.80. The molecule has 1 aliphatic heterocycles. The SMILES string of the molecule is O=C1C[C@@H](c2ccccc2)[C@H]([C@H](O)c2ccccc2)N1. The number of rotatable bonds is 3. The van der Waals surface area contributed by atoms with Gasteiger partial charge in [-0.2, -0.15) is 0 Å². The Balaban J connectivity index is 1.89. The van der Waals surface area contributed by atoms with Crippen molar-refractivity contribution in [3.05, 3.63) is 71.8 Å². The molecule has 2 aromatic carbocycles. The summed E-state index contributed by atoms with van der Waals surface area (Å²) < 4.78 is 0. The van der Waals surface area contributed by atoms with E-state index < -0.39 is 6.10 Å². The largest absolute Gasteiger partial charge is 0.386 e. The maximum absolute atomic E-state index is 11.8. The van der Waals surface area contributed by atoms with E-state index in [2.05, 4.69) is 5.32 Å². The number of aliphatic hydroxyl groups excluding tert-OH is 1. The van der Waals surface area contributed by atoms with Crippen LogP contribution in [0.1, 0.15) is 29.6 Å². The van der Waals surface area contributed by atoms with Crippen molar-refractivity contribution in [2.45, 2.75) is 24.5 Å². The lowest BCUT2D eigenvalue weighted by molar-refractivity contribution is -0.119. The Bertz CT molecular complexity index is 582. The van der Waals surface area contributed by atoms with E-state index in [4.69, 9.17) is 0 Å². The van der Waals surface area contributed by atoms with Gasteiger partial charge in [-0.1, -0.05) is 60.7 Å². The van der Waals surface area contributed by atoms with E-state index in [9.17, 15) is 9.90 Å². The predicted octanol–water partition coefficient (Wildman–Crippen LogP) is 2.39. The van der Waals surface area contributed by atoms with Gasteiger partial charge in [0.1, 0.15) is 0 Å². The number of carbonyl (C=O) groups is 1. The van der Waals surface area contributed by atoms with Gasteiger partial charge in [-0.15, -0.1) is 0 Å². The van der Waals surface area contributed by atoms with E-state index in [0.29, 0.717) is 6.42 Å². The zero-order chi connectivity index (χ0) is 13.9. The van der Waals surface area contributed by atoms with Crippen LogP contribution in [0.5, 0.6) is 0 Å². The average molecular weight is 267 g/mol. The summed E-state index contributed by atoms with van der Waals surface area (Å²) in [5, 5.41) is 13.5. The maximum atomic E-state index is 11.8. The first-order valence-corrected chi connectivity index (χ1v) is 6.83. The van der Waals surface area contributed by atoms with Crippen LogP contribution in [0.25, 0.3) is 0 Å². The number of hydrogen-bond donors (Lipinski definition) is 2. The molecule has 1 amide bonds. The highest BCUT2D eigenvalue weighted by Gasteiger charge is 2.38. The number of benzene rings is 2. The Kier molecular flexibility index (Phi) is 3.52. The number of aliphatic hydroxyl groups is 1. The Labute approximate surface area is 118 Å². The zero-order valence-electron chi connectivity index (χ0n) is 11.1. The summed E-state index contributed by atoms with van der Waals surface area (Å²) in [6, 6.07) is 19.1. The Morgan fingerprint density at radius 2 is 1.60 bits per heavy atom. The van der Waals surface area contributed by atoms with Crippen LogP contribution < -0.4 is 5.32 Å². The van der Waals surface area contributed by atoms with E-state index in [1.807, 2.05) is 60.7 Å². The third-order valence-electron chi connectivity index (χ3n) is 3.88. The quantitative estimate of drug-likeness (QED) is 0.897. The van der Waals surface area contributed by atoms with Gasteiger partial charge in [0.05, 0.1) is 12.1 Å². The van der Waals surface area contributed by atoms with Crippen molar-refractivity contribution in [3.63, 3.8) is 0 Å². The average Bonchev–Trinajstić information content (AvgIpc) is 2.90. The zero-order valence-corrected chi connectivity index (χ0v) is 11.1. The summed E-state index contributed by atoms with van der Waals surface area (Å²) in [6.45, 7) is 0. The molecule has 2 aromatic rings. The summed E-state index contributed by atoms with van der Waals surface area (Å²) in [4.78, 5) is 11.8. The van der Waals surface area contributed by atoms with Crippen LogP contribution in [0.2, 0.25) is 0 Å². The molecule has 1 fully saturated rings. The van der Waals surface area contributed by atoms with Gasteiger partial charge in [0.2, 0.25) is 5.91 Å². The second-order valence-corrected chi connectivity index (χ2v) is 5.17. The van der Waals surface area contributed by atoms with Gasteiger partial charge in [-0.25, -0.2) is 0 Å². The Morgan fingerprint density at radius 1 is 1.00 bits per heavy atom. The number of carbonyl (C=O) groups excluding carboxylic acids is 1. The normalized spacial score (nSPS) is 23.4. The van der Waals surface area contributed by atoms with Crippen molar-refractivity contribution in [2.75, 3.05) is 0 Å². The highest BCUT2D eigenvalue weighted by atomic mass is 16.3. The van der Waals surface area contributed by atoms with Gasteiger partial charge in [0, 0.05) is 12.3 Å². The molecule has 1 heterocycles. The molecule has 0 bridgehead atoms. The summed E-state index contributed by atoms with van der Waals surface area (Å²) in [6.07, 6.45) is -0.258. The minimum absolute atomic E-state index is 0.00108. The van der Waals surface area contributed by atoms with Crippen LogP contribution in [0.4, 0.5) is 0 Å². The first-order valence-electron chi connectivity index (χ1n) is 6.83. The van der Waals surface area contributed by atoms with E-state index in [1.54, 1.807) is 0 Å². The molecule has 0 aliphatic carbocycles. The van der Waals surface area contributed by atoms with Crippen LogP contribution in [-0.4, -0.2) is 17.1 Å². The summed E-state index contributed by atoms with van der Waals surface area (Å²) in [5.74, 6) is 0.0118. The summed E-state index contributed by atoms with van der Waals surface area (Å²) in [7, 11) is 0. The van der Waals surface area contributed by atoms with Crippen molar-refractivity contribution >= 4 is 5.91 Å². The molecule has 102 valence electrons. The number of amides is 1. The lowest BCUT2D eigenvalue weighted by Gasteiger charge is -2.25. The third kappa shape index (κ3) is 2.45. The standard InChI is InChI=1S/C17H17NO2/c19-15-11-14(12-7-3-1-4-8-12)16(18-15)17(20)13-9-5-2-6-10-13/h1-10,14,16-17,20H,11H2,(H,18,19)/t14-,16+,17+/m0/s1. The Hall–Kier alpha value is -2.13. The molecule has 20 heavy (non-hydrogen) atoms. The Morgan fingerprint density at radius 3 is 2.25 bits per heavy atom. The lowest BCUT2D eigenvalue weighted by Crippen LogP contribution is -2.34. The minimum Gasteiger partial charge on any atom is -0.386 e. The smallest absolute Gasteiger partial charge is 0.221 e. The minimum atomic E-state index is -0.687. The fourth-order valence-corrected chi connectivity index (χ4v) is 2.85. The van der Waals surface area contributed by atoms with E-state index in [-0.39, 0.29) is 17.9 Å². The molecular weight excluding hydrogens is 250 g/mol. The molecule has 0 radical (unpaired) electrons. The fourth-order valence-electron chi connectivity index (χ4n) is 2.85. The van der Waals surface area contributed by atoms with Gasteiger partial charge in [0.25, 0.3) is 0 Å². The van der Waals surface area contributed by atoms with Crippen molar-refractivity contribution in [1.82, 2.24) is 5.32 Å². The predicted molar refractivity (Wildman–Crippen MR) is 77.1 cm³/mol. The van der Waals surface area contributed by atoms with Gasteiger partial charge in [0.15, 0.2) is 0 Å². The van der Waals surface area contributed by atoms with Crippen molar-refractivity contribution in [1.29, 1.82) is 0 Å². The molecule has 3 nitrogen and oxygen atoms in total. The van der Waals surface area contributed by atoms with Crippen molar-refractivity contribution in [2.24, 2.45) is 0 Å².